The van der Waals surface area contributed by atoms with Gasteiger partial charge in [0.25, 0.3) is 0 Å². The minimum atomic E-state index is -0.120. The first kappa shape index (κ1) is 31.8. The smallest absolute Gasteiger partial charge is 0.163 e. The zero-order chi connectivity index (χ0) is 36.0. The Morgan fingerprint density at radius 2 is 1.02 bits per heavy atom. The summed E-state index contributed by atoms with van der Waals surface area (Å²) in [5.74, 6) is 2.92. The van der Waals surface area contributed by atoms with E-state index < -0.39 is 0 Å². The lowest BCUT2D eigenvalue weighted by molar-refractivity contribution is 0.545. The standard InChI is InChI=1S/C50H35N3O/c1-32-19-30-44-47(43-29-28-40(31-45(43)54-44)35-20-24-37(25-21-35)42-18-10-16-36-13-8-9-17-41(36)42)46(32)50-52-48(38-14-6-3-7-15-38)51-49(53-50)39-26-22-34(23-27-39)33-11-4-2-5-12-33/h2-32,46H,1H3. The van der Waals surface area contributed by atoms with Crippen molar-refractivity contribution in [3.8, 4) is 56.2 Å². The van der Waals surface area contributed by atoms with Crippen LogP contribution in [-0.4, -0.2) is 15.0 Å². The van der Waals surface area contributed by atoms with Gasteiger partial charge in [-0.05, 0) is 62.2 Å². The van der Waals surface area contributed by atoms with E-state index in [0.29, 0.717) is 11.6 Å². The molecule has 2 atom stereocenters. The molecule has 0 fully saturated rings. The van der Waals surface area contributed by atoms with Gasteiger partial charge in [-0.3, -0.25) is 0 Å². The predicted octanol–water partition coefficient (Wildman–Crippen LogP) is 12.9. The highest BCUT2D eigenvalue weighted by atomic mass is 16.3. The Balaban J connectivity index is 1.03. The molecule has 2 unspecified atom stereocenters. The van der Waals surface area contributed by atoms with Crippen LogP contribution < -0.4 is 0 Å². The molecule has 0 saturated heterocycles. The van der Waals surface area contributed by atoms with Crippen LogP contribution in [-0.2, 0) is 0 Å². The molecule has 7 aromatic carbocycles. The summed E-state index contributed by atoms with van der Waals surface area (Å²) in [4.78, 5) is 15.4. The van der Waals surface area contributed by atoms with Crippen LogP contribution in [0.25, 0.3) is 84.0 Å². The molecule has 0 saturated carbocycles. The molecule has 1 aliphatic carbocycles. The van der Waals surface area contributed by atoms with Gasteiger partial charge in [0.2, 0.25) is 0 Å². The summed E-state index contributed by atoms with van der Waals surface area (Å²) >= 11 is 0. The minimum Gasteiger partial charge on any atom is -0.456 e. The van der Waals surface area contributed by atoms with Gasteiger partial charge in [0.15, 0.2) is 11.6 Å². The lowest BCUT2D eigenvalue weighted by Crippen LogP contribution is -2.17. The maximum atomic E-state index is 6.62. The van der Waals surface area contributed by atoms with E-state index in [1.807, 2.05) is 24.3 Å². The highest BCUT2D eigenvalue weighted by Crippen LogP contribution is 2.45. The van der Waals surface area contributed by atoms with Gasteiger partial charge >= 0.3 is 0 Å². The van der Waals surface area contributed by atoms with Crippen molar-refractivity contribution in [3.63, 3.8) is 0 Å². The molecule has 9 aromatic rings. The van der Waals surface area contributed by atoms with E-state index in [0.717, 1.165) is 55.9 Å². The molecular formula is C50H35N3O. The largest absolute Gasteiger partial charge is 0.456 e. The summed E-state index contributed by atoms with van der Waals surface area (Å²) in [5.41, 5.74) is 10.9. The van der Waals surface area contributed by atoms with E-state index in [9.17, 15) is 0 Å². The van der Waals surface area contributed by atoms with Crippen molar-refractivity contribution in [3.05, 3.63) is 193 Å². The summed E-state index contributed by atoms with van der Waals surface area (Å²) in [6.45, 7) is 2.23. The Kier molecular flexibility index (Phi) is 7.80. The van der Waals surface area contributed by atoms with E-state index in [4.69, 9.17) is 19.4 Å². The normalized spacial score (nSPS) is 15.1. The quantitative estimate of drug-likeness (QED) is 0.174. The fourth-order valence-electron chi connectivity index (χ4n) is 7.88. The summed E-state index contributed by atoms with van der Waals surface area (Å²) < 4.78 is 6.62. The van der Waals surface area contributed by atoms with Crippen LogP contribution in [0.5, 0.6) is 0 Å². The molecule has 0 amide bonds. The number of allylic oxidation sites excluding steroid dienone is 1. The van der Waals surface area contributed by atoms with Crippen molar-refractivity contribution >= 4 is 27.8 Å². The second-order valence-electron chi connectivity index (χ2n) is 14.0. The van der Waals surface area contributed by atoms with E-state index in [-0.39, 0.29) is 11.8 Å². The molecule has 0 N–H and O–H groups in total. The van der Waals surface area contributed by atoms with Crippen molar-refractivity contribution in [2.45, 2.75) is 12.8 Å². The summed E-state index contributed by atoms with van der Waals surface area (Å²) in [6, 6.07) is 59.5. The number of nitrogens with zero attached hydrogens (tertiary/aromatic N) is 3. The average molecular weight is 694 g/mol. The highest BCUT2D eigenvalue weighted by molar-refractivity contribution is 5.97. The minimum absolute atomic E-state index is 0.120. The second kappa shape index (κ2) is 13.3. The fourth-order valence-corrected chi connectivity index (χ4v) is 7.88. The van der Waals surface area contributed by atoms with Gasteiger partial charge in [-0.2, -0.15) is 0 Å². The number of hydrogen-bond donors (Lipinski definition) is 0. The third kappa shape index (κ3) is 5.69. The molecule has 0 spiro atoms. The van der Waals surface area contributed by atoms with Gasteiger partial charge in [0, 0.05) is 22.1 Å². The van der Waals surface area contributed by atoms with Gasteiger partial charge in [-0.25, -0.2) is 15.0 Å². The van der Waals surface area contributed by atoms with Gasteiger partial charge in [-0.15, -0.1) is 0 Å². The van der Waals surface area contributed by atoms with Crippen LogP contribution in [0.4, 0.5) is 0 Å². The van der Waals surface area contributed by atoms with E-state index in [2.05, 4.69) is 165 Å². The molecule has 0 aliphatic heterocycles. The Morgan fingerprint density at radius 3 is 1.76 bits per heavy atom. The molecule has 4 heteroatoms. The summed E-state index contributed by atoms with van der Waals surface area (Å²) in [6.07, 6.45) is 4.32. The first-order valence-corrected chi connectivity index (χ1v) is 18.5. The molecule has 2 aromatic heterocycles. The fraction of sp³-hybridized carbons (Fsp3) is 0.0600. The molecule has 0 bridgehead atoms. The number of benzene rings is 7. The van der Waals surface area contributed by atoms with E-state index in [1.165, 1.54) is 27.5 Å². The Bertz CT molecular complexity index is 2820. The molecule has 256 valence electrons. The zero-order valence-electron chi connectivity index (χ0n) is 29.7. The van der Waals surface area contributed by atoms with Gasteiger partial charge < -0.3 is 4.42 Å². The number of furan rings is 1. The van der Waals surface area contributed by atoms with Crippen LogP contribution in [0.15, 0.2) is 180 Å². The van der Waals surface area contributed by atoms with Gasteiger partial charge in [-0.1, -0.05) is 177 Å². The lowest BCUT2D eigenvalue weighted by atomic mass is 9.81. The number of hydrogen-bond acceptors (Lipinski definition) is 4. The van der Waals surface area contributed by atoms with Gasteiger partial charge in [0.1, 0.15) is 17.2 Å². The Morgan fingerprint density at radius 1 is 0.463 bits per heavy atom. The first-order chi connectivity index (χ1) is 26.7. The molecule has 2 heterocycles. The monoisotopic (exact) mass is 693 g/mol. The van der Waals surface area contributed by atoms with Crippen molar-refractivity contribution in [1.29, 1.82) is 0 Å². The first-order valence-electron chi connectivity index (χ1n) is 18.5. The van der Waals surface area contributed by atoms with Crippen molar-refractivity contribution in [2.75, 3.05) is 0 Å². The number of fused-ring (bicyclic) bond motifs is 4. The predicted molar refractivity (Wildman–Crippen MR) is 221 cm³/mol. The molecule has 10 rings (SSSR count). The Hall–Kier alpha value is -6.91. The van der Waals surface area contributed by atoms with E-state index >= 15 is 0 Å². The maximum absolute atomic E-state index is 6.62. The second-order valence-corrected chi connectivity index (χ2v) is 14.0. The molecule has 1 aliphatic rings. The van der Waals surface area contributed by atoms with Crippen molar-refractivity contribution in [2.24, 2.45) is 5.92 Å². The van der Waals surface area contributed by atoms with Crippen LogP contribution >= 0.6 is 0 Å². The molecule has 54 heavy (non-hydrogen) atoms. The van der Waals surface area contributed by atoms with Crippen LogP contribution in [0, 0.1) is 5.92 Å². The lowest BCUT2D eigenvalue weighted by Gasteiger charge is -2.24. The zero-order valence-corrected chi connectivity index (χ0v) is 29.7. The van der Waals surface area contributed by atoms with Crippen molar-refractivity contribution < 1.29 is 4.42 Å². The Labute approximate surface area is 314 Å². The SMILES string of the molecule is CC1C=Cc2oc3cc(-c4ccc(-c5cccc6ccccc56)cc4)ccc3c2C1c1nc(-c2ccccc2)nc(-c2ccc(-c3ccccc3)cc2)n1. The van der Waals surface area contributed by atoms with Crippen LogP contribution in [0.3, 0.4) is 0 Å². The van der Waals surface area contributed by atoms with Crippen molar-refractivity contribution in [1.82, 2.24) is 15.0 Å². The maximum Gasteiger partial charge on any atom is 0.163 e. The average Bonchev–Trinajstić information content (AvgIpc) is 3.62. The number of rotatable bonds is 6. The topological polar surface area (TPSA) is 51.8 Å². The van der Waals surface area contributed by atoms with E-state index in [1.54, 1.807) is 0 Å². The van der Waals surface area contributed by atoms with Crippen LogP contribution in [0.2, 0.25) is 0 Å². The number of aromatic nitrogens is 3. The summed E-state index contributed by atoms with van der Waals surface area (Å²) in [5, 5.41) is 3.59. The summed E-state index contributed by atoms with van der Waals surface area (Å²) in [7, 11) is 0. The van der Waals surface area contributed by atoms with Crippen LogP contribution in [0.1, 0.15) is 30.0 Å². The van der Waals surface area contributed by atoms with Gasteiger partial charge in [0.05, 0.1) is 5.92 Å². The molecule has 0 radical (unpaired) electrons. The third-order valence-corrected chi connectivity index (χ3v) is 10.7. The third-order valence-electron chi connectivity index (χ3n) is 10.7. The molecule has 4 nitrogen and oxygen atoms in total. The highest BCUT2D eigenvalue weighted by Gasteiger charge is 2.33. The molecular weight excluding hydrogens is 659 g/mol.